The first-order valence-corrected chi connectivity index (χ1v) is 8.92. The minimum Gasteiger partial charge on any atom is -0.469 e. The molecule has 0 saturated carbocycles. The summed E-state index contributed by atoms with van der Waals surface area (Å²) in [4.78, 5) is 15.6. The molecule has 0 fully saturated rings. The molecular formula is C21H15ClF2N2O2. The lowest BCUT2D eigenvalue weighted by Gasteiger charge is -2.09. The van der Waals surface area contributed by atoms with E-state index in [0.717, 1.165) is 17.2 Å². The monoisotopic (exact) mass is 400 g/mol. The van der Waals surface area contributed by atoms with Crippen LogP contribution in [0.2, 0.25) is 5.15 Å². The first kappa shape index (κ1) is 18.4. The average molecular weight is 401 g/mol. The normalized spacial score (nSPS) is 11.3. The molecular weight excluding hydrogens is 386 g/mol. The minimum atomic E-state index is -0.679. The number of hydrogen-bond acceptors (Lipinski definition) is 3. The Morgan fingerprint density at radius 1 is 1.07 bits per heavy atom. The van der Waals surface area contributed by atoms with Crippen LogP contribution in [0, 0.1) is 11.6 Å². The van der Waals surface area contributed by atoms with Gasteiger partial charge in [0, 0.05) is 12.6 Å². The van der Waals surface area contributed by atoms with Crippen molar-refractivity contribution in [2.24, 2.45) is 0 Å². The number of aromatic nitrogens is 2. The van der Waals surface area contributed by atoms with Crippen LogP contribution in [0.25, 0.3) is 21.9 Å². The number of halogens is 3. The lowest BCUT2D eigenvalue weighted by molar-refractivity contribution is -0.139. The summed E-state index contributed by atoms with van der Waals surface area (Å²) in [5.41, 5.74) is 3.18. The van der Waals surface area contributed by atoms with E-state index in [1.807, 2.05) is 24.3 Å². The van der Waals surface area contributed by atoms with Crippen LogP contribution in [-0.4, -0.2) is 22.6 Å². The lowest BCUT2D eigenvalue weighted by atomic mass is 10.1. The molecule has 0 atom stereocenters. The molecule has 0 N–H and O–H groups in total. The third kappa shape index (κ3) is 3.31. The summed E-state index contributed by atoms with van der Waals surface area (Å²) < 4.78 is 34.8. The molecule has 0 saturated heterocycles. The van der Waals surface area contributed by atoms with Crippen LogP contribution in [0.1, 0.15) is 11.1 Å². The van der Waals surface area contributed by atoms with Crippen molar-refractivity contribution < 1.29 is 18.3 Å². The van der Waals surface area contributed by atoms with Crippen LogP contribution < -0.4 is 0 Å². The summed E-state index contributed by atoms with van der Waals surface area (Å²) in [7, 11) is 1.34. The van der Waals surface area contributed by atoms with Crippen molar-refractivity contribution in [1.29, 1.82) is 0 Å². The van der Waals surface area contributed by atoms with E-state index in [2.05, 4.69) is 9.72 Å². The van der Waals surface area contributed by atoms with Crippen molar-refractivity contribution in [2.75, 3.05) is 7.11 Å². The fourth-order valence-corrected chi connectivity index (χ4v) is 3.47. The third-order valence-corrected chi connectivity index (χ3v) is 4.84. The molecule has 4 rings (SSSR count). The maximum Gasteiger partial charge on any atom is 0.309 e. The number of ether oxygens (including phenoxy) is 1. The Balaban J connectivity index is 1.80. The molecule has 0 radical (unpaired) electrons. The van der Waals surface area contributed by atoms with Gasteiger partial charge in [-0.05, 0) is 29.3 Å². The van der Waals surface area contributed by atoms with Gasteiger partial charge >= 0.3 is 5.97 Å². The van der Waals surface area contributed by atoms with Crippen LogP contribution >= 0.6 is 11.6 Å². The standard InChI is InChI=1S/C21H15ClF2N2O2/c1-28-19(27)8-12-2-4-13(5-3-12)11-26-16-6-7-18(22)25-21(16)20-15(24)9-14(23)10-17(20)26/h2-7,9-10H,8,11H2,1H3. The summed E-state index contributed by atoms with van der Waals surface area (Å²) in [6.07, 6.45) is 0.186. The zero-order valence-corrected chi connectivity index (χ0v) is 15.6. The van der Waals surface area contributed by atoms with Gasteiger partial charge in [-0.25, -0.2) is 13.8 Å². The SMILES string of the molecule is COC(=O)Cc1ccc(Cn2c3ccc(Cl)nc3c3c(F)cc(F)cc32)cc1. The van der Waals surface area contributed by atoms with Crippen LogP contribution in [0.5, 0.6) is 0 Å². The number of esters is 1. The van der Waals surface area contributed by atoms with E-state index >= 15 is 0 Å². The van der Waals surface area contributed by atoms with Gasteiger partial charge in [-0.1, -0.05) is 35.9 Å². The van der Waals surface area contributed by atoms with E-state index in [1.54, 1.807) is 16.7 Å². The van der Waals surface area contributed by atoms with Crippen LogP contribution in [0.3, 0.4) is 0 Å². The number of rotatable bonds is 4. The third-order valence-electron chi connectivity index (χ3n) is 4.63. The molecule has 0 unspecified atom stereocenters. The largest absolute Gasteiger partial charge is 0.469 e. The Bertz CT molecular complexity index is 1200. The van der Waals surface area contributed by atoms with Gasteiger partial charge in [0.2, 0.25) is 0 Å². The lowest BCUT2D eigenvalue weighted by Crippen LogP contribution is -2.05. The van der Waals surface area contributed by atoms with Gasteiger partial charge in [-0.2, -0.15) is 0 Å². The fourth-order valence-electron chi connectivity index (χ4n) is 3.32. The molecule has 2 heterocycles. The van der Waals surface area contributed by atoms with E-state index in [1.165, 1.54) is 13.2 Å². The maximum absolute atomic E-state index is 14.5. The molecule has 4 nitrogen and oxygen atoms in total. The molecule has 0 amide bonds. The predicted molar refractivity (Wildman–Crippen MR) is 103 cm³/mol. The molecule has 142 valence electrons. The molecule has 2 aromatic heterocycles. The number of nitrogens with zero attached hydrogens (tertiary/aromatic N) is 2. The van der Waals surface area contributed by atoms with Crippen LogP contribution in [0.4, 0.5) is 8.78 Å². The van der Waals surface area contributed by atoms with Gasteiger partial charge in [0.05, 0.1) is 30.0 Å². The Labute approximate surface area is 164 Å². The molecule has 7 heteroatoms. The molecule has 4 aromatic rings. The van der Waals surface area contributed by atoms with E-state index in [9.17, 15) is 13.6 Å². The highest BCUT2D eigenvalue weighted by atomic mass is 35.5. The van der Waals surface area contributed by atoms with Crippen molar-refractivity contribution >= 4 is 39.5 Å². The number of carbonyl (C=O) groups excluding carboxylic acids is 1. The highest BCUT2D eigenvalue weighted by Crippen LogP contribution is 2.32. The molecule has 0 spiro atoms. The first-order chi connectivity index (χ1) is 13.5. The number of benzene rings is 2. The Hall–Kier alpha value is -2.99. The van der Waals surface area contributed by atoms with Crippen LogP contribution in [0.15, 0.2) is 48.5 Å². The summed E-state index contributed by atoms with van der Waals surface area (Å²) in [6.45, 7) is 0.380. The number of carbonyl (C=O) groups is 1. The Morgan fingerprint density at radius 2 is 1.79 bits per heavy atom. The number of pyridine rings is 1. The number of fused-ring (bicyclic) bond motifs is 3. The molecule has 2 aromatic carbocycles. The summed E-state index contributed by atoms with van der Waals surface area (Å²) in [5.74, 6) is -1.65. The fraction of sp³-hybridized carbons (Fsp3) is 0.143. The second-order valence-electron chi connectivity index (χ2n) is 6.44. The number of methoxy groups -OCH3 is 1. The summed E-state index contributed by atoms with van der Waals surface area (Å²) >= 11 is 5.99. The van der Waals surface area contributed by atoms with E-state index in [0.29, 0.717) is 23.1 Å². The highest BCUT2D eigenvalue weighted by Gasteiger charge is 2.17. The smallest absolute Gasteiger partial charge is 0.309 e. The van der Waals surface area contributed by atoms with Gasteiger partial charge in [0.25, 0.3) is 0 Å². The van der Waals surface area contributed by atoms with Gasteiger partial charge in [-0.3, -0.25) is 4.79 Å². The summed E-state index contributed by atoms with van der Waals surface area (Å²) in [5, 5.41) is 0.476. The van der Waals surface area contributed by atoms with Crippen molar-refractivity contribution in [3.8, 4) is 0 Å². The topological polar surface area (TPSA) is 44.1 Å². The van der Waals surface area contributed by atoms with Gasteiger partial charge in [0.1, 0.15) is 22.3 Å². The van der Waals surface area contributed by atoms with Gasteiger partial charge in [0.15, 0.2) is 0 Å². The quantitative estimate of drug-likeness (QED) is 0.362. The Morgan fingerprint density at radius 3 is 2.50 bits per heavy atom. The van der Waals surface area contributed by atoms with Crippen molar-refractivity contribution in [3.63, 3.8) is 0 Å². The Kier molecular flexibility index (Phi) is 4.73. The predicted octanol–water partition coefficient (Wildman–Crippen LogP) is 4.88. The second-order valence-corrected chi connectivity index (χ2v) is 6.83. The maximum atomic E-state index is 14.5. The van der Waals surface area contributed by atoms with Crippen LogP contribution in [-0.2, 0) is 22.5 Å². The zero-order chi connectivity index (χ0) is 19.8. The second kappa shape index (κ2) is 7.20. The molecule has 0 aliphatic carbocycles. The summed E-state index contributed by atoms with van der Waals surface area (Å²) in [6, 6.07) is 12.9. The van der Waals surface area contributed by atoms with Gasteiger partial charge in [-0.15, -0.1) is 0 Å². The van der Waals surface area contributed by atoms with Crippen molar-refractivity contribution in [2.45, 2.75) is 13.0 Å². The van der Waals surface area contributed by atoms with Gasteiger partial charge < -0.3 is 9.30 Å². The highest BCUT2D eigenvalue weighted by molar-refractivity contribution is 6.30. The zero-order valence-electron chi connectivity index (χ0n) is 14.9. The minimum absolute atomic E-state index is 0.186. The molecule has 28 heavy (non-hydrogen) atoms. The molecule has 0 aliphatic rings. The van der Waals surface area contributed by atoms with Crippen molar-refractivity contribution in [1.82, 2.24) is 9.55 Å². The molecule has 0 aliphatic heterocycles. The average Bonchev–Trinajstić information content (AvgIpc) is 2.96. The van der Waals surface area contributed by atoms with E-state index < -0.39 is 11.6 Å². The number of hydrogen-bond donors (Lipinski definition) is 0. The van der Waals surface area contributed by atoms with E-state index in [-0.39, 0.29) is 22.9 Å². The van der Waals surface area contributed by atoms with E-state index in [4.69, 9.17) is 11.6 Å². The molecule has 0 bridgehead atoms. The first-order valence-electron chi connectivity index (χ1n) is 8.54. The van der Waals surface area contributed by atoms with Crippen molar-refractivity contribution in [3.05, 3.63) is 76.4 Å².